The van der Waals surface area contributed by atoms with Gasteiger partial charge in [-0.15, -0.1) is 0 Å². The lowest BCUT2D eigenvalue weighted by Gasteiger charge is -2.05. The van der Waals surface area contributed by atoms with Crippen molar-refractivity contribution in [2.45, 2.75) is 6.92 Å². The van der Waals surface area contributed by atoms with Crippen molar-refractivity contribution in [2.24, 2.45) is 0 Å². The van der Waals surface area contributed by atoms with Crippen molar-refractivity contribution in [1.29, 1.82) is 0 Å². The lowest BCUT2D eigenvalue weighted by Crippen LogP contribution is -1.97. The first-order valence-electron chi connectivity index (χ1n) is 5.31. The van der Waals surface area contributed by atoms with Gasteiger partial charge in [0.05, 0.1) is 11.0 Å². The topological polar surface area (TPSA) is 30.7 Å². The molecule has 0 N–H and O–H groups in total. The van der Waals surface area contributed by atoms with E-state index < -0.39 is 0 Å². The molecule has 0 saturated heterocycles. The van der Waals surface area contributed by atoms with Crippen LogP contribution < -0.4 is 0 Å². The molecule has 0 aliphatic rings. The molecule has 0 aliphatic heterocycles. The molecule has 3 aromatic rings. The Morgan fingerprint density at radius 2 is 2.00 bits per heavy atom. The first-order valence-corrected chi connectivity index (χ1v) is 5.31. The van der Waals surface area contributed by atoms with Crippen molar-refractivity contribution in [3.8, 4) is 5.82 Å². The Balaban J connectivity index is 2.35. The van der Waals surface area contributed by atoms with Crippen LogP contribution in [0.2, 0.25) is 0 Å². The summed E-state index contributed by atoms with van der Waals surface area (Å²) in [6.07, 6.45) is 3.37. The van der Waals surface area contributed by atoms with Gasteiger partial charge in [-0.3, -0.25) is 4.57 Å². The summed E-state index contributed by atoms with van der Waals surface area (Å²) in [6, 6.07) is 8.72. The van der Waals surface area contributed by atoms with Crippen LogP contribution in [0.1, 0.15) is 5.56 Å². The van der Waals surface area contributed by atoms with E-state index in [0.717, 1.165) is 16.9 Å². The van der Waals surface area contributed by atoms with E-state index in [9.17, 15) is 4.39 Å². The maximum atomic E-state index is 13.6. The van der Waals surface area contributed by atoms with Crippen LogP contribution in [-0.2, 0) is 0 Å². The molecule has 0 unspecified atom stereocenters. The molecule has 0 atom stereocenters. The van der Waals surface area contributed by atoms with E-state index in [4.69, 9.17) is 0 Å². The fourth-order valence-electron chi connectivity index (χ4n) is 1.92. The molecule has 4 heteroatoms. The van der Waals surface area contributed by atoms with E-state index in [1.165, 1.54) is 6.07 Å². The molecule has 1 aromatic carbocycles. The summed E-state index contributed by atoms with van der Waals surface area (Å²) < 4.78 is 15.4. The number of aromatic nitrogens is 3. The zero-order chi connectivity index (χ0) is 11.8. The number of nitrogens with zero attached hydrogens (tertiary/aromatic N) is 3. The Labute approximate surface area is 97.6 Å². The smallest absolute Gasteiger partial charge is 0.138 e. The van der Waals surface area contributed by atoms with E-state index in [1.54, 1.807) is 30.1 Å². The molecule has 3 nitrogen and oxygen atoms in total. The molecule has 17 heavy (non-hydrogen) atoms. The Hall–Kier alpha value is -2.23. The Morgan fingerprint density at radius 1 is 1.12 bits per heavy atom. The van der Waals surface area contributed by atoms with Crippen LogP contribution in [0.3, 0.4) is 0 Å². The first-order chi connectivity index (χ1) is 8.27. The predicted molar refractivity (Wildman–Crippen MR) is 63.6 cm³/mol. The van der Waals surface area contributed by atoms with Gasteiger partial charge < -0.3 is 0 Å². The van der Waals surface area contributed by atoms with Gasteiger partial charge in [0.25, 0.3) is 0 Å². The van der Waals surface area contributed by atoms with E-state index in [-0.39, 0.29) is 5.82 Å². The Morgan fingerprint density at radius 3 is 2.76 bits per heavy atom. The summed E-state index contributed by atoms with van der Waals surface area (Å²) in [4.78, 5) is 8.50. The zero-order valence-corrected chi connectivity index (χ0v) is 9.26. The van der Waals surface area contributed by atoms with Crippen LogP contribution in [0.15, 0.2) is 42.9 Å². The second-order valence-electron chi connectivity index (χ2n) is 3.84. The summed E-state index contributed by atoms with van der Waals surface area (Å²) in [5, 5.41) is 0. The van der Waals surface area contributed by atoms with Crippen molar-refractivity contribution in [2.75, 3.05) is 0 Å². The van der Waals surface area contributed by atoms with Crippen molar-refractivity contribution < 1.29 is 4.39 Å². The highest BCUT2D eigenvalue weighted by Crippen LogP contribution is 2.22. The standard InChI is InChI=1S/C13H10FN3/c1-9-10(14)5-6-11-13(9)17(8-16-11)12-4-2-3-7-15-12/h2-8H,1H3. The van der Waals surface area contributed by atoms with Gasteiger partial charge in [-0.2, -0.15) is 0 Å². The highest BCUT2D eigenvalue weighted by atomic mass is 19.1. The van der Waals surface area contributed by atoms with Crippen LogP contribution >= 0.6 is 0 Å². The van der Waals surface area contributed by atoms with Crippen LogP contribution in [-0.4, -0.2) is 14.5 Å². The summed E-state index contributed by atoms with van der Waals surface area (Å²) in [5.41, 5.74) is 2.13. The minimum Gasteiger partial charge on any atom is -0.283 e. The summed E-state index contributed by atoms with van der Waals surface area (Å²) in [7, 11) is 0. The lowest BCUT2D eigenvalue weighted by molar-refractivity contribution is 0.620. The molecule has 0 aliphatic carbocycles. The van der Waals surface area contributed by atoms with E-state index in [1.807, 2.05) is 18.2 Å². The van der Waals surface area contributed by atoms with Crippen molar-refractivity contribution in [3.05, 3.63) is 54.2 Å². The molecule has 2 heterocycles. The third-order valence-corrected chi connectivity index (χ3v) is 2.79. The SMILES string of the molecule is Cc1c(F)ccc2ncn(-c3ccccn3)c12. The summed E-state index contributed by atoms with van der Waals surface area (Å²) in [6.45, 7) is 1.75. The maximum absolute atomic E-state index is 13.6. The number of hydrogen-bond acceptors (Lipinski definition) is 2. The summed E-state index contributed by atoms with van der Waals surface area (Å²) in [5.74, 6) is 0.513. The van der Waals surface area contributed by atoms with Crippen LogP contribution in [0, 0.1) is 12.7 Å². The quantitative estimate of drug-likeness (QED) is 0.640. The third kappa shape index (κ3) is 1.49. The van der Waals surface area contributed by atoms with Gasteiger partial charge in [0.15, 0.2) is 0 Å². The lowest BCUT2D eigenvalue weighted by atomic mass is 10.2. The van der Waals surface area contributed by atoms with Crippen molar-refractivity contribution in [3.63, 3.8) is 0 Å². The molecule has 0 saturated carbocycles. The van der Waals surface area contributed by atoms with Gasteiger partial charge in [0.1, 0.15) is 18.0 Å². The van der Waals surface area contributed by atoms with E-state index in [0.29, 0.717) is 5.56 Å². The number of fused-ring (bicyclic) bond motifs is 1. The van der Waals surface area contributed by atoms with Gasteiger partial charge in [0, 0.05) is 11.8 Å². The Kier molecular flexibility index (Phi) is 2.14. The van der Waals surface area contributed by atoms with Gasteiger partial charge >= 0.3 is 0 Å². The average molecular weight is 227 g/mol. The number of hydrogen-bond donors (Lipinski definition) is 0. The third-order valence-electron chi connectivity index (χ3n) is 2.79. The molecular weight excluding hydrogens is 217 g/mol. The van der Waals surface area contributed by atoms with Crippen LogP contribution in [0.5, 0.6) is 0 Å². The van der Waals surface area contributed by atoms with E-state index >= 15 is 0 Å². The van der Waals surface area contributed by atoms with Gasteiger partial charge in [-0.1, -0.05) is 6.07 Å². The minimum absolute atomic E-state index is 0.227. The number of aryl methyl sites for hydroxylation is 1. The highest BCUT2D eigenvalue weighted by Gasteiger charge is 2.10. The average Bonchev–Trinajstić information content (AvgIpc) is 2.79. The molecule has 3 rings (SSSR count). The van der Waals surface area contributed by atoms with Crippen molar-refractivity contribution >= 4 is 11.0 Å². The molecule has 0 radical (unpaired) electrons. The number of halogens is 1. The van der Waals surface area contributed by atoms with Crippen LogP contribution in [0.25, 0.3) is 16.9 Å². The molecule has 0 bridgehead atoms. The minimum atomic E-state index is -0.227. The summed E-state index contributed by atoms with van der Waals surface area (Å²) >= 11 is 0. The first kappa shape index (κ1) is 9.96. The normalized spacial score (nSPS) is 10.9. The molecule has 84 valence electrons. The zero-order valence-electron chi connectivity index (χ0n) is 9.26. The van der Waals surface area contributed by atoms with Gasteiger partial charge in [-0.05, 0) is 31.2 Å². The molecule has 0 spiro atoms. The number of imidazole rings is 1. The van der Waals surface area contributed by atoms with Crippen molar-refractivity contribution in [1.82, 2.24) is 14.5 Å². The molecule has 0 amide bonds. The second-order valence-corrected chi connectivity index (χ2v) is 3.84. The molecular formula is C13H10FN3. The fraction of sp³-hybridized carbons (Fsp3) is 0.0769. The second kappa shape index (κ2) is 3.66. The number of rotatable bonds is 1. The largest absolute Gasteiger partial charge is 0.283 e. The number of pyridine rings is 1. The van der Waals surface area contributed by atoms with Crippen LogP contribution in [0.4, 0.5) is 4.39 Å². The molecule has 2 aromatic heterocycles. The maximum Gasteiger partial charge on any atom is 0.138 e. The highest BCUT2D eigenvalue weighted by molar-refractivity contribution is 5.80. The number of benzene rings is 1. The van der Waals surface area contributed by atoms with Gasteiger partial charge in [-0.25, -0.2) is 14.4 Å². The van der Waals surface area contributed by atoms with Gasteiger partial charge in [0.2, 0.25) is 0 Å². The monoisotopic (exact) mass is 227 g/mol. The predicted octanol–water partition coefficient (Wildman–Crippen LogP) is 2.87. The fourth-order valence-corrected chi connectivity index (χ4v) is 1.92. The van der Waals surface area contributed by atoms with E-state index in [2.05, 4.69) is 9.97 Å². The molecule has 0 fully saturated rings. The Bertz CT molecular complexity index is 674.